The van der Waals surface area contributed by atoms with Crippen LogP contribution in [0.2, 0.25) is 0 Å². The van der Waals surface area contributed by atoms with Crippen LogP contribution in [0.1, 0.15) is 29.8 Å². The van der Waals surface area contributed by atoms with Gasteiger partial charge in [0.25, 0.3) is 15.9 Å². The summed E-state index contributed by atoms with van der Waals surface area (Å²) in [5, 5.41) is 2.81. The first-order valence-electron chi connectivity index (χ1n) is 9.66. The zero-order valence-electron chi connectivity index (χ0n) is 17.1. The van der Waals surface area contributed by atoms with Gasteiger partial charge in [0.15, 0.2) is 0 Å². The van der Waals surface area contributed by atoms with Crippen LogP contribution in [0.4, 0.5) is 10.1 Å². The van der Waals surface area contributed by atoms with E-state index in [0.717, 1.165) is 17.7 Å². The summed E-state index contributed by atoms with van der Waals surface area (Å²) in [5.41, 5.74) is 1.40. The lowest BCUT2D eigenvalue weighted by atomic mass is 10.1. The van der Waals surface area contributed by atoms with Gasteiger partial charge in [0, 0.05) is 23.4 Å². The third-order valence-corrected chi connectivity index (χ3v) is 5.70. The topological polar surface area (TPSA) is 84.5 Å². The first-order valence-corrected chi connectivity index (χ1v) is 11.1. The Morgan fingerprint density at radius 2 is 1.61 bits per heavy atom. The van der Waals surface area contributed by atoms with Crippen molar-refractivity contribution >= 4 is 21.6 Å². The maximum absolute atomic E-state index is 13.0. The van der Waals surface area contributed by atoms with Crippen LogP contribution in [-0.2, 0) is 16.6 Å². The van der Waals surface area contributed by atoms with Crippen molar-refractivity contribution in [2.75, 3.05) is 4.72 Å². The molecular weight excluding hydrogens is 419 g/mol. The summed E-state index contributed by atoms with van der Waals surface area (Å²) in [6.07, 6.45) is 0.00913. The molecule has 0 saturated carbocycles. The van der Waals surface area contributed by atoms with Crippen molar-refractivity contribution in [1.29, 1.82) is 0 Å². The first-order chi connectivity index (χ1) is 14.7. The summed E-state index contributed by atoms with van der Waals surface area (Å²) < 4.78 is 46.1. The van der Waals surface area contributed by atoms with Crippen LogP contribution in [0.5, 0.6) is 5.75 Å². The van der Waals surface area contributed by atoms with Gasteiger partial charge in [0.2, 0.25) is 0 Å². The molecule has 1 amide bonds. The Morgan fingerprint density at radius 1 is 0.968 bits per heavy atom. The lowest BCUT2D eigenvalue weighted by Gasteiger charge is -2.14. The van der Waals surface area contributed by atoms with Crippen LogP contribution in [0, 0.1) is 5.82 Å². The van der Waals surface area contributed by atoms with Crippen LogP contribution in [0.15, 0.2) is 77.7 Å². The molecule has 0 aliphatic rings. The minimum atomic E-state index is -3.86. The quantitative estimate of drug-likeness (QED) is 0.543. The molecule has 0 aliphatic carbocycles. The maximum atomic E-state index is 13.0. The summed E-state index contributed by atoms with van der Waals surface area (Å²) in [6.45, 7) is 4.12. The third kappa shape index (κ3) is 6.05. The lowest BCUT2D eigenvalue weighted by Crippen LogP contribution is -2.23. The highest BCUT2D eigenvalue weighted by molar-refractivity contribution is 7.92. The van der Waals surface area contributed by atoms with E-state index in [4.69, 9.17) is 4.74 Å². The molecule has 0 unspecified atom stereocenters. The van der Waals surface area contributed by atoms with E-state index in [2.05, 4.69) is 10.0 Å². The maximum Gasteiger partial charge on any atom is 0.261 e. The van der Waals surface area contributed by atoms with Gasteiger partial charge in [0.05, 0.1) is 11.0 Å². The Kier molecular flexibility index (Phi) is 6.91. The fraction of sp³-hybridized carbons (Fsp3) is 0.174. The highest BCUT2D eigenvalue weighted by atomic mass is 32.2. The second-order valence-electron chi connectivity index (χ2n) is 7.09. The molecule has 0 bridgehead atoms. The van der Waals surface area contributed by atoms with E-state index < -0.39 is 15.8 Å². The largest absolute Gasteiger partial charge is 0.491 e. The number of benzene rings is 3. The average molecular weight is 443 g/mol. The second kappa shape index (κ2) is 9.61. The number of hydrogen-bond donors (Lipinski definition) is 2. The average Bonchev–Trinajstić information content (AvgIpc) is 2.74. The summed E-state index contributed by atoms with van der Waals surface area (Å²) in [6, 6.07) is 18.0. The SMILES string of the molecule is CC(C)Oc1ccccc1CNC(=O)c1ccc(S(=O)(=O)Nc2ccc(F)cc2)cc1. The van der Waals surface area contributed by atoms with Gasteiger partial charge < -0.3 is 10.1 Å². The van der Waals surface area contributed by atoms with Crippen molar-refractivity contribution in [2.45, 2.75) is 31.4 Å². The second-order valence-corrected chi connectivity index (χ2v) is 8.78. The molecule has 0 atom stereocenters. The van der Waals surface area contributed by atoms with E-state index in [1.165, 1.54) is 36.4 Å². The predicted molar refractivity (Wildman–Crippen MR) is 117 cm³/mol. The van der Waals surface area contributed by atoms with E-state index in [-0.39, 0.29) is 29.1 Å². The Morgan fingerprint density at radius 3 is 2.26 bits per heavy atom. The summed E-state index contributed by atoms with van der Waals surface area (Å²) >= 11 is 0. The number of carbonyl (C=O) groups is 1. The van der Waals surface area contributed by atoms with Crippen LogP contribution in [0.25, 0.3) is 0 Å². The van der Waals surface area contributed by atoms with E-state index in [1.807, 2.05) is 38.1 Å². The van der Waals surface area contributed by atoms with E-state index in [9.17, 15) is 17.6 Å². The van der Waals surface area contributed by atoms with E-state index in [1.54, 1.807) is 0 Å². The lowest BCUT2D eigenvalue weighted by molar-refractivity contribution is 0.0950. The molecule has 0 heterocycles. The molecule has 6 nitrogen and oxygen atoms in total. The molecule has 0 aliphatic heterocycles. The normalized spacial score (nSPS) is 11.2. The molecule has 3 aromatic carbocycles. The van der Waals surface area contributed by atoms with Gasteiger partial charge in [0.1, 0.15) is 11.6 Å². The van der Waals surface area contributed by atoms with Gasteiger partial charge in [-0.15, -0.1) is 0 Å². The summed E-state index contributed by atoms with van der Waals surface area (Å²) in [4.78, 5) is 12.5. The number of sulfonamides is 1. The number of nitrogens with one attached hydrogen (secondary N) is 2. The number of amides is 1. The standard InChI is InChI=1S/C23H23FN2O4S/c1-16(2)30-22-6-4-3-5-18(22)15-25-23(27)17-7-13-21(14-8-17)31(28,29)26-20-11-9-19(24)10-12-20/h3-14,16,26H,15H2,1-2H3,(H,25,27). The molecule has 2 N–H and O–H groups in total. The third-order valence-electron chi connectivity index (χ3n) is 4.30. The monoisotopic (exact) mass is 442 g/mol. The number of ether oxygens (including phenoxy) is 1. The Labute approximate surface area is 181 Å². The Bertz CT molecular complexity index is 1140. The Hall–Kier alpha value is -3.39. The number of halogens is 1. The van der Waals surface area contributed by atoms with Crippen molar-refractivity contribution in [3.63, 3.8) is 0 Å². The number of para-hydroxylation sites is 1. The minimum absolute atomic E-state index is 0.00913. The fourth-order valence-corrected chi connectivity index (χ4v) is 3.87. The minimum Gasteiger partial charge on any atom is -0.491 e. The van der Waals surface area contributed by atoms with Crippen molar-refractivity contribution < 1.29 is 22.3 Å². The van der Waals surface area contributed by atoms with Crippen LogP contribution >= 0.6 is 0 Å². The molecule has 3 aromatic rings. The van der Waals surface area contributed by atoms with Crippen molar-refractivity contribution in [3.05, 3.63) is 89.7 Å². The van der Waals surface area contributed by atoms with Gasteiger partial charge >= 0.3 is 0 Å². The molecular formula is C23H23FN2O4S. The molecule has 0 spiro atoms. The smallest absolute Gasteiger partial charge is 0.261 e. The molecule has 0 saturated heterocycles. The number of hydrogen-bond acceptors (Lipinski definition) is 4. The van der Waals surface area contributed by atoms with Gasteiger partial charge in [-0.2, -0.15) is 0 Å². The highest BCUT2D eigenvalue weighted by Gasteiger charge is 2.16. The zero-order valence-corrected chi connectivity index (χ0v) is 17.9. The number of rotatable bonds is 8. The number of anilines is 1. The molecule has 3 rings (SSSR count). The zero-order chi connectivity index (χ0) is 22.4. The van der Waals surface area contributed by atoms with Gasteiger partial charge in [-0.3, -0.25) is 9.52 Å². The van der Waals surface area contributed by atoms with Crippen LogP contribution < -0.4 is 14.8 Å². The molecule has 162 valence electrons. The number of carbonyl (C=O) groups excluding carboxylic acids is 1. The van der Waals surface area contributed by atoms with Crippen LogP contribution in [0.3, 0.4) is 0 Å². The van der Waals surface area contributed by atoms with Gasteiger partial charge in [-0.25, -0.2) is 12.8 Å². The molecule has 0 aromatic heterocycles. The van der Waals surface area contributed by atoms with E-state index >= 15 is 0 Å². The molecule has 8 heteroatoms. The molecule has 31 heavy (non-hydrogen) atoms. The van der Waals surface area contributed by atoms with Crippen molar-refractivity contribution in [3.8, 4) is 5.75 Å². The van der Waals surface area contributed by atoms with Crippen LogP contribution in [-0.4, -0.2) is 20.4 Å². The molecule has 0 radical (unpaired) electrons. The summed E-state index contributed by atoms with van der Waals surface area (Å²) in [5.74, 6) is -0.0994. The van der Waals surface area contributed by atoms with Crippen molar-refractivity contribution in [1.82, 2.24) is 5.32 Å². The first kappa shape index (κ1) is 22.3. The molecule has 0 fully saturated rings. The van der Waals surface area contributed by atoms with Gasteiger partial charge in [-0.05, 0) is 68.4 Å². The van der Waals surface area contributed by atoms with E-state index in [0.29, 0.717) is 11.3 Å². The van der Waals surface area contributed by atoms with Crippen molar-refractivity contribution in [2.24, 2.45) is 0 Å². The summed E-state index contributed by atoms with van der Waals surface area (Å²) in [7, 11) is -3.86. The predicted octanol–water partition coefficient (Wildman–Crippen LogP) is 4.34. The highest BCUT2D eigenvalue weighted by Crippen LogP contribution is 2.20. The Balaban J connectivity index is 1.66. The van der Waals surface area contributed by atoms with Gasteiger partial charge in [-0.1, -0.05) is 18.2 Å². The fourth-order valence-electron chi connectivity index (χ4n) is 2.81.